The van der Waals surface area contributed by atoms with Crippen molar-refractivity contribution >= 4 is 40.1 Å². The Labute approximate surface area is 150 Å². The van der Waals surface area contributed by atoms with Gasteiger partial charge in [0.1, 0.15) is 28.7 Å². The molecule has 0 aliphatic carbocycles. The fourth-order valence-corrected chi connectivity index (χ4v) is 3.33. The number of methoxy groups -OCH3 is 1. The van der Waals surface area contributed by atoms with Gasteiger partial charge >= 0.3 is 0 Å². The van der Waals surface area contributed by atoms with Crippen LogP contribution in [0.15, 0.2) is 24.5 Å². The summed E-state index contributed by atoms with van der Waals surface area (Å²) in [5.41, 5.74) is 8.34. The number of benzene rings is 1. The molecule has 0 saturated heterocycles. The van der Waals surface area contributed by atoms with Crippen LogP contribution >= 0.6 is 23.2 Å². The molecule has 7 heteroatoms. The monoisotopic (exact) mass is 364 g/mol. The SMILES string of the molecule is CCCCn1c(Cl)c(-c2cc(OC)ccc2Cl)c2c(N)ncnc21. The normalized spacial score (nSPS) is 11.2. The Balaban J connectivity index is 2.34. The van der Waals surface area contributed by atoms with Crippen LogP contribution < -0.4 is 10.5 Å². The Morgan fingerprint density at radius 3 is 2.75 bits per heavy atom. The fraction of sp³-hybridized carbons (Fsp3) is 0.294. The van der Waals surface area contributed by atoms with E-state index >= 15 is 0 Å². The zero-order valence-corrected chi connectivity index (χ0v) is 15.0. The average molecular weight is 365 g/mol. The molecule has 1 aromatic carbocycles. The van der Waals surface area contributed by atoms with E-state index < -0.39 is 0 Å². The Morgan fingerprint density at radius 2 is 2.04 bits per heavy atom. The van der Waals surface area contributed by atoms with Gasteiger partial charge < -0.3 is 15.0 Å². The lowest BCUT2D eigenvalue weighted by molar-refractivity contribution is 0.415. The highest BCUT2D eigenvalue weighted by Crippen LogP contribution is 2.43. The summed E-state index contributed by atoms with van der Waals surface area (Å²) >= 11 is 13.1. The molecule has 0 aliphatic heterocycles. The lowest BCUT2D eigenvalue weighted by atomic mass is 10.1. The molecule has 0 bridgehead atoms. The van der Waals surface area contributed by atoms with Gasteiger partial charge in [-0.15, -0.1) is 0 Å². The molecular weight excluding hydrogens is 347 g/mol. The molecular formula is C17H18Cl2N4O. The highest BCUT2D eigenvalue weighted by Gasteiger charge is 2.22. The molecule has 3 rings (SSSR count). The van der Waals surface area contributed by atoms with Crippen LogP contribution in [-0.2, 0) is 6.54 Å². The fourth-order valence-electron chi connectivity index (χ4n) is 2.75. The van der Waals surface area contributed by atoms with Gasteiger partial charge in [-0.2, -0.15) is 0 Å². The zero-order chi connectivity index (χ0) is 17.3. The number of hydrogen-bond donors (Lipinski definition) is 1. The van der Waals surface area contributed by atoms with E-state index in [2.05, 4.69) is 16.9 Å². The second-order valence-corrected chi connectivity index (χ2v) is 6.24. The third-order valence-corrected chi connectivity index (χ3v) is 4.71. The minimum atomic E-state index is 0.381. The van der Waals surface area contributed by atoms with E-state index in [1.807, 2.05) is 10.6 Å². The minimum absolute atomic E-state index is 0.381. The van der Waals surface area contributed by atoms with E-state index in [4.69, 9.17) is 33.7 Å². The van der Waals surface area contributed by atoms with Crippen LogP contribution in [0.2, 0.25) is 10.2 Å². The number of nitrogen functional groups attached to an aromatic ring is 1. The lowest BCUT2D eigenvalue weighted by Gasteiger charge is -2.08. The van der Waals surface area contributed by atoms with E-state index in [9.17, 15) is 0 Å². The Morgan fingerprint density at radius 1 is 1.25 bits per heavy atom. The van der Waals surface area contributed by atoms with Crippen molar-refractivity contribution in [1.82, 2.24) is 14.5 Å². The van der Waals surface area contributed by atoms with Crippen LogP contribution in [0.1, 0.15) is 19.8 Å². The molecule has 0 fully saturated rings. The minimum Gasteiger partial charge on any atom is -0.497 e. The highest BCUT2D eigenvalue weighted by molar-refractivity contribution is 6.38. The van der Waals surface area contributed by atoms with E-state index in [1.54, 1.807) is 19.2 Å². The number of fused-ring (bicyclic) bond motifs is 1. The topological polar surface area (TPSA) is 66.0 Å². The number of aryl methyl sites for hydroxylation is 1. The van der Waals surface area contributed by atoms with E-state index in [0.717, 1.165) is 36.2 Å². The van der Waals surface area contributed by atoms with Gasteiger partial charge in [-0.25, -0.2) is 9.97 Å². The summed E-state index contributed by atoms with van der Waals surface area (Å²) in [4.78, 5) is 8.51. The smallest absolute Gasteiger partial charge is 0.147 e. The molecule has 2 heterocycles. The van der Waals surface area contributed by atoms with E-state index in [1.165, 1.54) is 6.33 Å². The molecule has 3 aromatic rings. The van der Waals surface area contributed by atoms with Crippen molar-refractivity contribution in [3.8, 4) is 16.9 Å². The Kier molecular flexibility index (Phi) is 4.83. The molecule has 0 amide bonds. The number of anilines is 1. The molecule has 2 aromatic heterocycles. The highest BCUT2D eigenvalue weighted by atomic mass is 35.5. The number of hydrogen-bond acceptors (Lipinski definition) is 4. The molecule has 0 atom stereocenters. The summed E-state index contributed by atoms with van der Waals surface area (Å²) in [5, 5.41) is 1.84. The predicted molar refractivity (Wildman–Crippen MR) is 98.9 cm³/mol. The van der Waals surface area contributed by atoms with Crippen molar-refractivity contribution < 1.29 is 4.74 Å². The third kappa shape index (κ3) is 2.78. The van der Waals surface area contributed by atoms with Crippen molar-refractivity contribution in [2.45, 2.75) is 26.3 Å². The van der Waals surface area contributed by atoms with Crippen LogP contribution in [0.5, 0.6) is 5.75 Å². The summed E-state index contributed by atoms with van der Waals surface area (Å²) in [6, 6.07) is 5.43. The number of rotatable bonds is 5. The summed E-state index contributed by atoms with van der Waals surface area (Å²) in [7, 11) is 1.61. The summed E-state index contributed by atoms with van der Waals surface area (Å²) in [6.07, 6.45) is 3.48. The van der Waals surface area contributed by atoms with Gasteiger partial charge in [-0.05, 0) is 24.6 Å². The molecule has 0 spiro atoms. The van der Waals surface area contributed by atoms with Crippen molar-refractivity contribution in [3.63, 3.8) is 0 Å². The molecule has 2 N–H and O–H groups in total. The first-order chi connectivity index (χ1) is 11.6. The van der Waals surface area contributed by atoms with Crippen LogP contribution in [0.25, 0.3) is 22.2 Å². The van der Waals surface area contributed by atoms with Gasteiger partial charge in [0, 0.05) is 22.7 Å². The van der Waals surface area contributed by atoms with Crippen LogP contribution in [0.4, 0.5) is 5.82 Å². The van der Waals surface area contributed by atoms with E-state index in [-0.39, 0.29) is 0 Å². The van der Waals surface area contributed by atoms with Gasteiger partial charge in [0.05, 0.1) is 12.5 Å². The first-order valence-electron chi connectivity index (χ1n) is 7.70. The Bertz CT molecular complexity index is 892. The molecule has 0 radical (unpaired) electrons. The number of unbranched alkanes of at least 4 members (excludes halogenated alkanes) is 1. The van der Waals surface area contributed by atoms with Crippen LogP contribution in [0.3, 0.4) is 0 Å². The second-order valence-electron chi connectivity index (χ2n) is 5.47. The maximum absolute atomic E-state index is 6.70. The molecule has 0 saturated carbocycles. The average Bonchev–Trinajstić information content (AvgIpc) is 2.86. The molecule has 24 heavy (non-hydrogen) atoms. The first-order valence-corrected chi connectivity index (χ1v) is 8.46. The van der Waals surface area contributed by atoms with Crippen molar-refractivity contribution in [2.24, 2.45) is 0 Å². The van der Waals surface area contributed by atoms with Crippen molar-refractivity contribution in [2.75, 3.05) is 12.8 Å². The third-order valence-electron chi connectivity index (χ3n) is 3.98. The van der Waals surface area contributed by atoms with Crippen LogP contribution in [-0.4, -0.2) is 21.6 Å². The number of aromatic nitrogens is 3. The van der Waals surface area contributed by atoms with Gasteiger partial charge in [0.2, 0.25) is 0 Å². The molecule has 5 nitrogen and oxygen atoms in total. The number of ether oxygens (including phenoxy) is 1. The summed E-state index contributed by atoms with van der Waals surface area (Å²) in [6.45, 7) is 2.88. The zero-order valence-electron chi connectivity index (χ0n) is 13.5. The van der Waals surface area contributed by atoms with Crippen LogP contribution in [0, 0.1) is 0 Å². The molecule has 0 unspecified atom stereocenters. The molecule has 0 aliphatic rings. The summed E-state index contributed by atoms with van der Waals surface area (Å²) < 4.78 is 7.28. The first kappa shape index (κ1) is 16.9. The summed E-state index contributed by atoms with van der Waals surface area (Å²) in [5.74, 6) is 1.07. The second kappa shape index (κ2) is 6.87. The van der Waals surface area contributed by atoms with Gasteiger partial charge in [0.15, 0.2) is 0 Å². The van der Waals surface area contributed by atoms with Crippen molar-refractivity contribution in [1.29, 1.82) is 0 Å². The van der Waals surface area contributed by atoms with Gasteiger partial charge in [0.25, 0.3) is 0 Å². The number of nitrogens with zero attached hydrogens (tertiary/aromatic N) is 3. The molecule has 126 valence electrons. The number of nitrogens with two attached hydrogens (primary N) is 1. The number of halogens is 2. The van der Waals surface area contributed by atoms with E-state index in [0.29, 0.717) is 27.1 Å². The van der Waals surface area contributed by atoms with Gasteiger partial charge in [-0.1, -0.05) is 36.5 Å². The largest absolute Gasteiger partial charge is 0.497 e. The Hall–Kier alpha value is -1.98. The van der Waals surface area contributed by atoms with Gasteiger partial charge in [-0.3, -0.25) is 0 Å². The maximum Gasteiger partial charge on any atom is 0.147 e. The quantitative estimate of drug-likeness (QED) is 0.706. The predicted octanol–water partition coefficient (Wildman–Crippen LogP) is 4.80. The standard InChI is InChI=1S/C17H18Cl2N4O/c1-3-4-7-23-15(19)13(14-16(20)21-9-22-17(14)23)11-8-10(24-2)5-6-12(11)18/h5-6,8-9H,3-4,7H2,1-2H3,(H2,20,21,22). The lowest BCUT2D eigenvalue weighted by Crippen LogP contribution is -2.00. The van der Waals surface area contributed by atoms with Crippen molar-refractivity contribution in [3.05, 3.63) is 34.7 Å². The maximum atomic E-state index is 6.70.